The van der Waals surface area contributed by atoms with Crippen molar-refractivity contribution in [1.82, 2.24) is 9.97 Å². The maximum Gasteiger partial charge on any atom is 0.121 e. The molecule has 58 heavy (non-hydrogen) atoms. The molecule has 0 amide bonds. The van der Waals surface area contributed by atoms with Crippen LogP contribution in [-0.2, 0) is 26.5 Å². The number of hydrogen-bond donors (Lipinski definition) is 0. The summed E-state index contributed by atoms with van der Waals surface area (Å²) in [6.07, 6.45) is -0.0282. The van der Waals surface area contributed by atoms with Gasteiger partial charge >= 0.3 is 120 Å². The first-order chi connectivity index (χ1) is 29.3. The number of nitrogens with zero attached hydrogens (tertiary/aromatic N) is 2. The van der Waals surface area contributed by atoms with Crippen LogP contribution in [0.2, 0.25) is 17.3 Å². The third kappa shape index (κ3) is 8.62. The fourth-order valence-electron chi connectivity index (χ4n) is 7.36. The molecule has 9 rings (SSSR count). The minimum absolute atomic E-state index is 0. The van der Waals surface area contributed by atoms with Gasteiger partial charge in [-0.15, -0.1) is 18.2 Å². The molecule has 3 heterocycles. The molecule has 293 valence electrons. The largest absolute Gasteiger partial charge is 0.501 e. The SMILES string of the molecule is [2H]C(C)(C)c1cc(-c2[c-]cccc2)nc[c]1[Ge]([CH3])([CH3])[CH3].[2H]c1nc(-c2[c-]ccc3c2oc2cc4c(ccc5ccccc54)cc23)c([2H])c(C([2H])([2H])C(C)(C)C)c1-c1ccccc1.[Ir]. The fourth-order valence-corrected chi connectivity index (χ4v) is 10.7. The predicted molar refractivity (Wildman–Crippen MR) is 245 cm³/mol. The number of pyridine rings is 2. The summed E-state index contributed by atoms with van der Waals surface area (Å²) < 4.78 is 53.1. The van der Waals surface area contributed by atoms with E-state index in [4.69, 9.17) is 7.16 Å². The summed E-state index contributed by atoms with van der Waals surface area (Å²) in [4.78, 5) is 9.23. The number of furan rings is 1. The molecule has 0 unspecified atom stereocenters. The number of rotatable bonds is 6. The van der Waals surface area contributed by atoms with E-state index in [2.05, 4.69) is 81.8 Å². The molecular formula is C53H50GeIrN2O-2. The zero-order valence-corrected chi connectivity index (χ0v) is 38.8. The zero-order chi connectivity index (χ0) is 44.4. The van der Waals surface area contributed by atoms with Crippen molar-refractivity contribution < 1.29 is 31.4 Å². The summed E-state index contributed by atoms with van der Waals surface area (Å²) in [5, 5.41) is 6.27. The molecule has 3 aromatic heterocycles. The van der Waals surface area contributed by atoms with Gasteiger partial charge in [0.05, 0.1) is 8.32 Å². The monoisotopic (exact) mass is 1000 g/mol. The molecule has 0 N–H and O–H groups in total. The van der Waals surface area contributed by atoms with Crippen LogP contribution in [-0.4, -0.2) is 23.2 Å². The van der Waals surface area contributed by atoms with Crippen molar-refractivity contribution in [3.05, 3.63) is 163 Å². The van der Waals surface area contributed by atoms with Gasteiger partial charge in [0, 0.05) is 40.0 Å². The maximum atomic E-state index is 9.38. The molecule has 9 aromatic rings. The standard InChI is InChI=1S/C36H28NO.C17H22GeN.Ir/c1-36(2,3)21-26-19-33(37-22-32(26)23-10-5-4-6-11-23)29-15-9-14-28-31-18-25-17-16-24-12-7-8-13-27(24)30(25)20-34(31)38-35(28)29;1-13(2)15-11-17(14-9-7-6-8-10-14)19-12-16(15)18(3,4)5;/h4-14,16-20,22H,21H2,1-3H3;6-9,11-13H,1-5H3;/q2*-1;/i19D,21D2,22D;13D;. The van der Waals surface area contributed by atoms with Crippen molar-refractivity contribution >= 4 is 61.1 Å². The van der Waals surface area contributed by atoms with Crippen LogP contribution < -0.4 is 4.40 Å². The van der Waals surface area contributed by atoms with E-state index < -0.39 is 30.9 Å². The molecule has 0 saturated carbocycles. The van der Waals surface area contributed by atoms with Crippen LogP contribution in [0.15, 0.2) is 144 Å². The normalized spacial score (nSPS) is 13.6. The Bertz CT molecular complexity index is 3130. The fraction of sp³-hybridized carbons (Fsp3) is 0.208. The number of benzene rings is 6. The van der Waals surface area contributed by atoms with Gasteiger partial charge in [0.2, 0.25) is 0 Å². The molecule has 0 aliphatic carbocycles. The van der Waals surface area contributed by atoms with Crippen molar-refractivity contribution in [2.45, 2.75) is 64.2 Å². The van der Waals surface area contributed by atoms with E-state index in [1.807, 2.05) is 114 Å². The second-order valence-corrected chi connectivity index (χ2v) is 27.5. The van der Waals surface area contributed by atoms with Gasteiger partial charge in [-0.2, -0.15) is 0 Å². The Balaban J connectivity index is 0.000000239. The van der Waals surface area contributed by atoms with Gasteiger partial charge in [-0.1, -0.05) is 104 Å². The average Bonchev–Trinajstić information content (AvgIpc) is 3.60. The first-order valence-electron chi connectivity index (χ1n) is 22.0. The van der Waals surface area contributed by atoms with E-state index in [-0.39, 0.29) is 43.6 Å². The second-order valence-electron chi connectivity index (χ2n) is 16.9. The number of fused-ring (bicyclic) bond motifs is 6. The maximum absolute atomic E-state index is 9.38. The first-order valence-corrected chi connectivity index (χ1v) is 26.8. The van der Waals surface area contributed by atoms with Crippen molar-refractivity contribution in [2.75, 3.05) is 0 Å². The molecular weight excluding hydrogens is 945 g/mol. The van der Waals surface area contributed by atoms with Gasteiger partial charge in [0.15, 0.2) is 0 Å². The molecule has 6 aromatic carbocycles. The molecule has 0 aliphatic rings. The zero-order valence-electron chi connectivity index (χ0n) is 39.3. The minimum atomic E-state index is -2.03. The Morgan fingerprint density at radius 2 is 1.50 bits per heavy atom. The van der Waals surface area contributed by atoms with Gasteiger partial charge in [-0.3, -0.25) is 0 Å². The Morgan fingerprint density at radius 3 is 2.22 bits per heavy atom. The van der Waals surface area contributed by atoms with Crippen LogP contribution in [0.5, 0.6) is 0 Å². The molecule has 0 fully saturated rings. The smallest absolute Gasteiger partial charge is 0.121 e. The van der Waals surface area contributed by atoms with Crippen LogP contribution in [0.4, 0.5) is 0 Å². The number of hydrogen-bond acceptors (Lipinski definition) is 3. The summed E-state index contributed by atoms with van der Waals surface area (Å²) in [6, 6.07) is 46.0. The van der Waals surface area contributed by atoms with Gasteiger partial charge in [0.1, 0.15) is 5.58 Å². The molecule has 0 aliphatic heterocycles. The topological polar surface area (TPSA) is 38.9 Å². The Kier molecular flexibility index (Phi) is 10.2. The van der Waals surface area contributed by atoms with E-state index >= 15 is 0 Å². The van der Waals surface area contributed by atoms with Crippen LogP contribution >= 0.6 is 0 Å². The van der Waals surface area contributed by atoms with E-state index in [0.29, 0.717) is 27.9 Å². The van der Waals surface area contributed by atoms with E-state index in [0.717, 1.165) is 49.1 Å². The predicted octanol–water partition coefficient (Wildman–Crippen LogP) is 14.2. The molecule has 0 saturated heterocycles. The van der Waals surface area contributed by atoms with E-state index in [1.165, 1.54) is 4.40 Å². The van der Waals surface area contributed by atoms with Crippen molar-refractivity contribution in [3.8, 4) is 33.6 Å². The summed E-state index contributed by atoms with van der Waals surface area (Å²) in [7, 11) is 0. The van der Waals surface area contributed by atoms with Gasteiger partial charge in [0.25, 0.3) is 0 Å². The quantitative estimate of drug-likeness (QED) is 0.0947. The third-order valence-corrected chi connectivity index (χ3v) is 14.3. The average molecular weight is 1000 g/mol. The Hall–Kier alpha value is -4.87. The molecule has 1 radical (unpaired) electrons. The van der Waals surface area contributed by atoms with E-state index in [1.54, 1.807) is 6.07 Å². The molecule has 0 atom stereocenters. The summed E-state index contributed by atoms with van der Waals surface area (Å²) in [5.74, 6) is 6.45. The summed E-state index contributed by atoms with van der Waals surface area (Å²) in [6.45, 7) is 9.35. The van der Waals surface area contributed by atoms with Crippen molar-refractivity contribution in [1.29, 1.82) is 0 Å². The van der Waals surface area contributed by atoms with Crippen molar-refractivity contribution in [2.24, 2.45) is 5.41 Å². The Morgan fingerprint density at radius 1 is 0.759 bits per heavy atom. The first kappa shape index (κ1) is 35.1. The minimum Gasteiger partial charge on any atom is -0.501 e. The number of aromatic nitrogens is 2. The second kappa shape index (κ2) is 16.8. The van der Waals surface area contributed by atoms with Crippen LogP contribution in [0.25, 0.3) is 77.1 Å². The molecule has 0 spiro atoms. The van der Waals surface area contributed by atoms with Crippen LogP contribution in [0.1, 0.15) is 58.5 Å². The third-order valence-electron chi connectivity index (χ3n) is 10.1. The summed E-state index contributed by atoms with van der Waals surface area (Å²) in [5.41, 5.74) is 5.16. The molecule has 3 nitrogen and oxygen atoms in total. The summed E-state index contributed by atoms with van der Waals surface area (Å²) >= 11 is -2.03. The molecule has 0 bridgehead atoms. The van der Waals surface area contributed by atoms with Gasteiger partial charge in [-0.05, 0) is 62.3 Å². The van der Waals surface area contributed by atoms with Crippen LogP contribution in [0, 0.1) is 17.5 Å². The van der Waals surface area contributed by atoms with Crippen molar-refractivity contribution in [3.63, 3.8) is 0 Å². The van der Waals surface area contributed by atoms with Gasteiger partial charge in [-0.25, -0.2) is 0 Å². The molecule has 5 heteroatoms. The van der Waals surface area contributed by atoms with Gasteiger partial charge < -0.3 is 9.40 Å². The Labute approximate surface area is 366 Å². The van der Waals surface area contributed by atoms with E-state index in [9.17, 15) is 4.11 Å². The van der Waals surface area contributed by atoms with Crippen LogP contribution in [0.3, 0.4) is 0 Å².